The number of nitrogens with zero attached hydrogens (tertiary/aromatic N) is 4. The average molecular weight is 355 g/mol. The molecular formula is C21H17N5O. The van der Waals surface area contributed by atoms with E-state index in [-0.39, 0.29) is 5.91 Å². The monoisotopic (exact) mass is 355 g/mol. The lowest BCUT2D eigenvalue weighted by Crippen LogP contribution is -2.13. The van der Waals surface area contributed by atoms with E-state index in [0.717, 1.165) is 16.8 Å². The number of pyridine rings is 2. The third kappa shape index (κ3) is 3.59. The van der Waals surface area contributed by atoms with Crippen molar-refractivity contribution < 1.29 is 4.79 Å². The summed E-state index contributed by atoms with van der Waals surface area (Å²) in [6, 6.07) is 17.0. The van der Waals surface area contributed by atoms with E-state index in [1.165, 1.54) is 0 Å². The van der Waals surface area contributed by atoms with Gasteiger partial charge in [-0.15, -0.1) is 0 Å². The van der Waals surface area contributed by atoms with Gasteiger partial charge in [0.2, 0.25) is 0 Å². The van der Waals surface area contributed by atoms with Gasteiger partial charge >= 0.3 is 0 Å². The minimum Gasteiger partial charge on any atom is -0.306 e. The average Bonchev–Trinajstić information content (AvgIpc) is 3.17. The number of hydrogen-bond acceptors (Lipinski definition) is 4. The third-order valence-corrected chi connectivity index (χ3v) is 4.07. The first-order chi connectivity index (χ1) is 13.2. The van der Waals surface area contributed by atoms with Gasteiger partial charge in [-0.25, -0.2) is 9.67 Å². The molecule has 0 spiro atoms. The molecular weight excluding hydrogens is 338 g/mol. The first-order valence-electron chi connectivity index (χ1n) is 8.50. The Morgan fingerprint density at radius 1 is 1.00 bits per heavy atom. The van der Waals surface area contributed by atoms with Crippen molar-refractivity contribution in [2.75, 3.05) is 5.32 Å². The number of hydrogen-bond donors (Lipinski definition) is 1. The highest BCUT2D eigenvalue weighted by molar-refractivity contribution is 6.07. The minimum atomic E-state index is -0.271. The summed E-state index contributed by atoms with van der Waals surface area (Å²) in [5.74, 6) is 0.225. The van der Waals surface area contributed by atoms with E-state index in [4.69, 9.17) is 0 Å². The smallest absolute Gasteiger partial charge is 0.260 e. The molecule has 0 aliphatic carbocycles. The van der Waals surface area contributed by atoms with E-state index in [1.54, 1.807) is 35.5 Å². The Bertz CT molecular complexity index is 1060. The molecule has 0 fully saturated rings. The topological polar surface area (TPSA) is 72.7 Å². The van der Waals surface area contributed by atoms with Crippen LogP contribution in [0.1, 0.15) is 15.9 Å². The Labute approximate surface area is 156 Å². The molecule has 0 radical (unpaired) electrons. The van der Waals surface area contributed by atoms with Crippen LogP contribution in [0.3, 0.4) is 0 Å². The Morgan fingerprint density at radius 3 is 2.56 bits per heavy atom. The third-order valence-electron chi connectivity index (χ3n) is 4.07. The summed E-state index contributed by atoms with van der Waals surface area (Å²) in [6.45, 7) is 1.95. The van der Waals surface area contributed by atoms with Gasteiger partial charge in [-0.1, -0.05) is 24.3 Å². The fourth-order valence-electron chi connectivity index (χ4n) is 2.69. The second kappa shape index (κ2) is 7.21. The van der Waals surface area contributed by atoms with Crippen molar-refractivity contribution in [1.29, 1.82) is 0 Å². The molecule has 6 nitrogen and oxygen atoms in total. The van der Waals surface area contributed by atoms with Crippen molar-refractivity contribution in [3.63, 3.8) is 0 Å². The number of aryl methyl sites for hydroxylation is 1. The van der Waals surface area contributed by atoms with Crippen molar-refractivity contribution in [1.82, 2.24) is 19.7 Å². The van der Waals surface area contributed by atoms with Crippen molar-refractivity contribution >= 4 is 11.7 Å². The van der Waals surface area contributed by atoms with Gasteiger partial charge in [-0.3, -0.25) is 9.78 Å². The molecule has 27 heavy (non-hydrogen) atoms. The lowest BCUT2D eigenvalue weighted by molar-refractivity contribution is 0.102. The van der Waals surface area contributed by atoms with Crippen LogP contribution >= 0.6 is 0 Å². The molecule has 1 amide bonds. The number of amides is 1. The van der Waals surface area contributed by atoms with Gasteiger partial charge in [0, 0.05) is 30.4 Å². The number of benzene rings is 1. The number of carbonyl (C=O) groups excluding carboxylic acids is 1. The standard InChI is InChI=1S/C21H17N5O/c1-15-9-10-19(23-12-15)24-21(27)18-14-26(17-7-3-2-4-8-17)25-20(18)16-6-5-11-22-13-16/h2-14H,1H3,(H,23,24,27). The van der Waals surface area contributed by atoms with Crippen LogP contribution in [0.5, 0.6) is 0 Å². The fourth-order valence-corrected chi connectivity index (χ4v) is 2.69. The van der Waals surface area contributed by atoms with Crippen molar-refractivity contribution in [3.05, 3.63) is 90.5 Å². The summed E-state index contributed by atoms with van der Waals surface area (Å²) in [6.07, 6.45) is 6.82. The van der Waals surface area contributed by atoms with Crippen LogP contribution in [0.4, 0.5) is 5.82 Å². The van der Waals surface area contributed by atoms with E-state index in [0.29, 0.717) is 17.1 Å². The zero-order chi connectivity index (χ0) is 18.6. The van der Waals surface area contributed by atoms with Crippen LogP contribution in [0.25, 0.3) is 16.9 Å². The summed E-state index contributed by atoms with van der Waals surface area (Å²) in [5.41, 5.74) is 3.69. The number of anilines is 1. The quantitative estimate of drug-likeness (QED) is 0.603. The molecule has 1 aromatic carbocycles. The molecule has 0 aliphatic heterocycles. The van der Waals surface area contributed by atoms with E-state index in [1.807, 2.05) is 55.5 Å². The maximum atomic E-state index is 12.9. The van der Waals surface area contributed by atoms with Crippen LogP contribution < -0.4 is 5.32 Å². The molecule has 0 atom stereocenters. The number of carbonyl (C=O) groups is 1. The molecule has 0 bridgehead atoms. The number of rotatable bonds is 4. The van der Waals surface area contributed by atoms with Crippen LogP contribution in [0, 0.1) is 6.92 Å². The number of nitrogens with one attached hydrogen (secondary N) is 1. The normalized spacial score (nSPS) is 10.6. The maximum Gasteiger partial charge on any atom is 0.260 e. The number of para-hydroxylation sites is 1. The van der Waals surface area contributed by atoms with E-state index in [9.17, 15) is 4.79 Å². The summed E-state index contributed by atoms with van der Waals surface area (Å²) >= 11 is 0. The molecule has 0 unspecified atom stereocenters. The first kappa shape index (κ1) is 16.7. The predicted molar refractivity (Wildman–Crippen MR) is 104 cm³/mol. The van der Waals surface area contributed by atoms with Crippen LogP contribution in [0.15, 0.2) is 79.4 Å². The van der Waals surface area contributed by atoms with Gasteiger partial charge in [0.1, 0.15) is 11.5 Å². The van der Waals surface area contributed by atoms with E-state index < -0.39 is 0 Å². The molecule has 132 valence electrons. The highest BCUT2D eigenvalue weighted by atomic mass is 16.1. The SMILES string of the molecule is Cc1ccc(NC(=O)c2cn(-c3ccccc3)nc2-c2cccnc2)nc1. The van der Waals surface area contributed by atoms with Gasteiger partial charge in [0.25, 0.3) is 5.91 Å². The second-order valence-corrected chi connectivity index (χ2v) is 6.09. The largest absolute Gasteiger partial charge is 0.306 e. The molecule has 4 aromatic rings. The van der Waals surface area contributed by atoms with Crippen LogP contribution in [0.2, 0.25) is 0 Å². The second-order valence-electron chi connectivity index (χ2n) is 6.09. The molecule has 0 saturated heterocycles. The van der Waals surface area contributed by atoms with E-state index in [2.05, 4.69) is 20.4 Å². The van der Waals surface area contributed by atoms with Crippen molar-refractivity contribution in [2.45, 2.75) is 6.92 Å². The Balaban J connectivity index is 1.74. The zero-order valence-electron chi connectivity index (χ0n) is 14.7. The summed E-state index contributed by atoms with van der Waals surface area (Å²) in [5, 5.41) is 7.46. The molecule has 0 saturated carbocycles. The Morgan fingerprint density at radius 2 is 1.85 bits per heavy atom. The van der Waals surface area contributed by atoms with Crippen molar-refractivity contribution in [2.24, 2.45) is 0 Å². The first-order valence-corrected chi connectivity index (χ1v) is 8.50. The summed E-state index contributed by atoms with van der Waals surface area (Å²) < 4.78 is 1.69. The van der Waals surface area contributed by atoms with Crippen molar-refractivity contribution in [3.8, 4) is 16.9 Å². The molecule has 4 rings (SSSR count). The number of aromatic nitrogens is 4. The molecule has 6 heteroatoms. The van der Waals surface area contributed by atoms with E-state index >= 15 is 0 Å². The summed E-state index contributed by atoms with van der Waals surface area (Å²) in [4.78, 5) is 21.3. The van der Waals surface area contributed by atoms with Gasteiger partial charge in [-0.2, -0.15) is 5.10 Å². The van der Waals surface area contributed by atoms with Gasteiger partial charge in [0.15, 0.2) is 0 Å². The Hall–Kier alpha value is -3.80. The minimum absolute atomic E-state index is 0.271. The van der Waals surface area contributed by atoms with Crippen LogP contribution in [-0.2, 0) is 0 Å². The highest BCUT2D eigenvalue weighted by Crippen LogP contribution is 2.24. The molecule has 0 aliphatic rings. The fraction of sp³-hybridized carbons (Fsp3) is 0.0476. The lowest BCUT2D eigenvalue weighted by Gasteiger charge is -2.04. The van der Waals surface area contributed by atoms with Gasteiger partial charge in [-0.05, 0) is 42.8 Å². The zero-order valence-corrected chi connectivity index (χ0v) is 14.7. The highest BCUT2D eigenvalue weighted by Gasteiger charge is 2.19. The van der Waals surface area contributed by atoms with Gasteiger partial charge in [0.05, 0.1) is 11.3 Å². The molecule has 1 N–H and O–H groups in total. The maximum absolute atomic E-state index is 12.9. The van der Waals surface area contributed by atoms with Gasteiger partial charge < -0.3 is 5.32 Å². The van der Waals surface area contributed by atoms with Crippen LogP contribution in [-0.4, -0.2) is 25.7 Å². The Kier molecular flexibility index (Phi) is 4.45. The predicted octanol–water partition coefficient (Wildman–Crippen LogP) is 3.89. The summed E-state index contributed by atoms with van der Waals surface area (Å²) in [7, 11) is 0. The lowest BCUT2D eigenvalue weighted by atomic mass is 10.1. The molecule has 3 aromatic heterocycles. The molecule has 3 heterocycles.